The lowest BCUT2D eigenvalue weighted by molar-refractivity contribution is -0.137. The predicted octanol–water partition coefficient (Wildman–Crippen LogP) is 5.82. The van der Waals surface area contributed by atoms with Crippen molar-refractivity contribution in [1.29, 1.82) is 5.26 Å². The summed E-state index contributed by atoms with van der Waals surface area (Å²) in [5, 5.41) is 9.02. The van der Waals surface area contributed by atoms with E-state index in [1.807, 2.05) is 30.3 Å². The van der Waals surface area contributed by atoms with Gasteiger partial charge in [0.15, 0.2) is 0 Å². The standard InChI is InChI=1S/C21H14F3NO/c22-21(23,24)19-10-16(13-25)9-18(11-19)17-7-4-8-20(12-17)26-14-15-5-2-1-3-6-15/h1-12H,14H2. The van der Waals surface area contributed by atoms with Crippen molar-refractivity contribution in [1.82, 2.24) is 0 Å². The van der Waals surface area contributed by atoms with Gasteiger partial charge < -0.3 is 4.74 Å². The molecule has 0 spiro atoms. The molecule has 0 saturated heterocycles. The molecule has 130 valence electrons. The third-order valence-corrected chi connectivity index (χ3v) is 3.81. The van der Waals surface area contributed by atoms with Crippen LogP contribution in [0, 0.1) is 11.3 Å². The summed E-state index contributed by atoms with van der Waals surface area (Å²) in [6.07, 6.45) is -4.51. The molecule has 3 aromatic rings. The normalized spacial score (nSPS) is 11.0. The van der Waals surface area contributed by atoms with Crippen LogP contribution in [-0.4, -0.2) is 0 Å². The highest BCUT2D eigenvalue weighted by atomic mass is 19.4. The average Bonchev–Trinajstić information content (AvgIpc) is 2.66. The van der Waals surface area contributed by atoms with Crippen LogP contribution in [0.2, 0.25) is 0 Å². The Labute approximate surface area is 149 Å². The van der Waals surface area contributed by atoms with E-state index in [1.54, 1.807) is 30.3 Å². The van der Waals surface area contributed by atoms with Crippen molar-refractivity contribution in [3.8, 4) is 22.9 Å². The first-order valence-corrected chi connectivity index (χ1v) is 7.85. The Morgan fingerprint density at radius 2 is 1.62 bits per heavy atom. The van der Waals surface area contributed by atoms with Crippen LogP contribution in [0.4, 0.5) is 13.2 Å². The van der Waals surface area contributed by atoms with Gasteiger partial charge in [-0.25, -0.2) is 0 Å². The van der Waals surface area contributed by atoms with Gasteiger partial charge in [0.2, 0.25) is 0 Å². The number of ether oxygens (including phenoxy) is 1. The van der Waals surface area contributed by atoms with Crippen molar-refractivity contribution in [2.45, 2.75) is 12.8 Å². The lowest BCUT2D eigenvalue weighted by Gasteiger charge is -2.11. The summed E-state index contributed by atoms with van der Waals surface area (Å²) >= 11 is 0. The Morgan fingerprint density at radius 3 is 2.31 bits per heavy atom. The second kappa shape index (κ2) is 7.32. The molecule has 26 heavy (non-hydrogen) atoms. The van der Waals surface area contributed by atoms with Gasteiger partial charge in [-0.3, -0.25) is 0 Å². The molecule has 0 atom stereocenters. The lowest BCUT2D eigenvalue weighted by atomic mass is 9.99. The molecule has 0 aliphatic carbocycles. The predicted molar refractivity (Wildman–Crippen MR) is 92.4 cm³/mol. The quantitative estimate of drug-likeness (QED) is 0.592. The van der Waals surface area contributed by atoms with E-state index in [2.05, 4.69) is 0 Å². The second-order valence-corrected chi connectivity index (χ2v) is 5.71. The molecule has 0 unspecified atom stereocenters. The molecule has 2 nitrogen and oxygen atoms in total. The van der Waals surface area contributed by atoms with Crippen molar-refractivity contribution in [2.75, 3.05) is 0 Å². The van der Waals surface area contributed by atoms with Crippen molar-refractivity contribution in [3.63, 3.8) is 0 Å². The highest BCUT2D eigenvalue weighted by molar-refractivity contribution is 5.68. The van der Waals surface area contributed by atoms with Crippen LogP contribution in [-0.2, 0) is 12.8 Å². The highest BCUT2D eigenvalue weighted by Crippen LogP contribution is 2.34. The largest absolute Gasteiger partial charge is 0.489 e. The Bertz CT molecular complexity index is 943. The monoisotopic (exact) mass is 353 g/mol. The molecular formula is C21H14F3NO. The molecule has 0 aliphatic heterocycles. The van der Waals surface area contributed by atoms with Crippen LogP contribution in [0.1, 0.15) is 16.7 Å². The fourth-order valence-corrected chi connectivity index (χ4v) is 2.53. The third-order valence-electron chi connectivity index (χ3n) is 3.81. The van der Waals surface area contributed by atoms with Gasteiger partial charge in [0.1, 0.15) is 12.4 Å². The van der Waals surface area contributed by atoms with Gasteiger partial charge in [-0.15, -0.1) is 0 Å². The molecule has 0 N–H and O–H groups in total. The van der Waals surface area contributed by atoms with Gasteiger partial charge in [0, 0.05) is 0 Å². The first-order chi connectivity index (χ1) is 12.5. The topological polar surface area (TPSA) is 33.0 Å². The fourth-order valence-electron chi connectivity index (χ4n) is 2.53. The van der Waals surface area contributed by atoms with E-state index in [0.29, 0.717) is 23.5 Å². The summed E-state index contributed by atoms with van der Waals surface area (Å²) in [4.78, 5) is 0. The fraction of sp³-hybridized carbons (Fsp3) is 0.0952. The van der Waals surface area contributed by atoms with E-state index in [9.17, 15) is 13.2 Å². The molecular weight excluding hydrogens is 339 g/mol. The molecule has 0 saturated carbocycles. The molecule has 0 amide bonds. The first-order valence-electron chi connectivity index (χ1n) is 7.85. The van der Waals surface area contributed by atoms with Gasteiger partial charge >= 0.3 is 6.18 Å². The summed E-state index contributed by atoms with van der Waals surface area (Å²) in [5.74, 6) is 0.544. The number of hydrogen-bond donors (Lipinski definition) is 0. The zero-order valence-corrected chi connectivity index (χ0v) is 13.6. The molecule has 5 heteroatoms. The number of halogens is 3. The molecule has 0 fully saturated rings. The van der Waals surface area contributed by atoms with E-state index in [-0.39, 0.29) is 5.56 Å². The minimum atomic E-state index is -4.51. The molecule has 0 aliphatic rings. The van der Waals surface area contributed by atoms with Gasteiger partial charge in [-0.05, 0) is 47.0 Å². The molecule has 0 heterocycles. The number of hydrogen-bond acceptors (Lipinski definition) is 2. The van der Waals surface area contributed by atoms with Crippen molar-refractivity contribution < 1.29 is 17.9 Å². The summed E-state index contributed by atoms with van der Waals surface area (Å²) in [6.45, 7) is 0.357. The van der Waals surface area contributed by atoms with Crippen LogP contribution in [0.5, 0.6) is 5.75 Å². The van der Waals surface area contributed by atoms with E-state index >= 15 is 0 Å². The van der Waals surface area contributed by atoms with E-state index in [1.165, 1.54) is 6.07 Å². The average molecular weight is 353 g/mol. The number of nitrogens with zero attached hydrogens (tertiary/aromatic N) is 1. The van der Waals surface area contributed by atoms with E-state index in [4.69, 9.17) is 10.00 Å². The smallest absolute Gasteiger partial charge is 0.416 e. The molecule has 0 bridgehead atoms. The van der Waals surface area contributed by atoms with Crippen molar-refractivity contribution in [3.05, 3.63) is 89.5 Å². The summed E-state index contributed by atoms with van der Waals surface area (Å²) in [6, 6.07) is 21.5. The van der Waals surface area contributed by atoms with Gasteiger partial charge in [0.05, 0.1) is 17.2 Å². The summed E-state index contributed by atoms with van der Waals surface area (Å²) in [7, 11) is 0. The minimum Gasteiger partial charge on any atom is -0.489 e. The molecule has 3 rings (SSSR count). The Morgan fingerprint density at radius 1 is 0.846 bits per heavy atom. The maximum absolute atomic E-state index is 13.1. The van der Waals surface area contributed by atoms with E-state index < -0.39 is 11.7 Å². The van der Waals surface area contributed by atoms with Gasteiger partial charge in [0.25, 0.3) is 0 Å². The van der Waals surface area contributed by atoms with Gasteiger partial charge in [-0.1, -0.05) is 42.5 Å². The number of nitriles is 1. The van der Waals surface area contributed by atoms with Crippen molar-refractivity contribution in [2.24, 2.45) is 0 Å². The van der Waals surface area contributed by atoms with E-state index in [0.717, 1.165) is 17.7 Å². The maximum atomic E-state index is 13.1. The minimum absolute atomic E-state index is 0.0366. The zero-order valence-electron chi connectivity index (χ0n) is 13.6. The first kappa shape index (κ1) is 17.6. The Kier molecular flexibility index (Phi) is 4.94. The number of alkyl halides is 3. The summed E-state index contributed by atoms with van der Waals surface area (Å²) < 4.78 is 44.9. The van der Waals surface area contributed by atoms with Crippen LogP contribution in [0.3, 0.4) is 0 Å². The zero-order chi connectivity index (χ0) is 18.6. The van der Waals surface area contributed by atoms with Crippen LogP contribution in [0.15, 0.2) is 72.8 Å². The Balaban J connectivity index is 1.89. The summed E-state index contributed by atoms with van der Waals surface area (Å²) in [5.41, 5.74) is 0.982. The van der Waals surface area contributed by atoms with Crippen LogP contribution < -0.4 is 4.74 Å². The third kappa shape index (κ3) is 4.22. The maximum Gasteiger partial charge on any atom is 0.416 e. The molecule has 3 aromatic carbocycles. The number of rotatable bonds is 4. The van der Waals surface area contributed by atoms with Gasteiger partial charge in [-0.2, -0.15) is 18.4 Å². The Hall–Kier alpha value is -3.26. The lowest BCUT2D eigenvalue weighted by Crippen LogP contribution is -2.05. The number of benzene rings is 3. The van der Waals surface area contributed by atoms with Crippen LogP contribution in [0.25, 0.3) is 11.1 Å². The van der Waals surface area contributed by atoms with Crippen molar-refractivity contribution >= 4 is 0 Å². The SMILES string of the molecule is N#Cc1cc(-c2cccc(OCc3ccccc3)c2)cc(C(F)(F)F)c1. The molecule has 0 radical (unpaired) electrons. The molecule has 0 aromatic heterocycles. The second-order valence-electron chi connectivity index (χ2n) is 5.71. The highest BCUT2D eigenvalue weighted by Gasteiger charge is 2.31. The van der Waals surface area contributed by atoms with Crippen LogP contribution >= 0.6 is 0 Å².